The average Bonchev–Trinajstić information content (AvgIpc) is 2.35. The van der Waals surface area contributed by atoms with Gasteiger partial charge in [-0.2, -0.15) is 0 Å². The zero-order valence-electron chi connectivity index (χ0n) is 8.83. The van der Waals surface area contributed by atoms with Crippen LogP contribution in [0.1, 0.15) is 20.7 Å². The first-order valence-corrected chi connectivity index (χ1v) is 4.82. The lowest BCUT2D eigenvalue weighted by atomic mass is 10.1. The van der Waals surface area contributed by atoms with Gasteiger partial charge in [-0.3, -0.25) is 0 Å². The molecule has 0 saturated carbocycles. The largest absolute Gasteiger partial charge is 0.545 e. The van der Waals surface area contributed by atoms with Crippen LogP contribution in [0, 0.1) is 0 Å². The number of aliphatic hydroxyl groups is 2. The van der Waals surface area contributed by atoms with Gasteiger partial charge in [0.1, 0.15) is 12.7 Å². The first kappa shape index (κ1) is 13.1. The maximum absolute atomic E-state index is 11.5. The molecule has 0 amide bonds. The maximum Gasteiger partial charge on any atom is 0.338 e. The van der Waals surface area contributed by atoms with Gasteiger partial charge in [-0.25, -0.2) is 4.79 Å². The molecule has 0 heterocycles. The van der Waals surface area contributed by atoms with Crippen molar-refractivity contribution in [3.8, 4) is 0 Å². The van der Waals surface area contributed by atoms with E-state index in [-0.39, 0.29) is 11.1 Å². The van der Waals surface area contributed by atoms with E-state index in [0.717, 1.165) is 0 Å². The van der Waals surface area contributed by atoms with E-state index in [2.05, 4.69) is 4.74 Å². The number of carboxylic acids is 1. The van der Waals surface area contributed by atoms with Crippen LogP contribution in [0.15, 0.2) is 24.3 Å². The second kappa shape index (κ2) is 5.97. The van der Waals surface area contributed by atoms with Crippen LogP contribution in [-0.4, -0.2) is 41.5 Å². The van der Waals surface area contributed by atoms with Crippen LogP contribution in [0.25, 0.3) is 0 Å². The maximum atomic E-state index is 11.5. The summed E-state index contributed by atoms with van der Waals surface area (Å²) in [6.07, 6.45) is -1.19. The predicted molar refractivity (Wildman–Crippen MR) is 54.1 cm³/mol. The van der Waals surface area contributed by atoms with E-state index in [9.17, 15) is 14.7 Å². The lowest BCUT2D eigenvalue weighted by Crippen LogP contribution is -2.27. The van der Waals surface area contributed by atoms with Gasteiger partial charge >= 0.3 is 5.97 Å². The number of benzene rings is 1. The highest BCUT2D eigenvalue weighted by atomic mass is 16.5. The summed E-state index contributed by atoms with van der Waals surface area (Å²) in [7, 11) is 0. The van der Waals surface area contributed by atoms with Gasteiger partial charge in [0.2, 0.25) is 0 Å². The van der Waals surface area contributed by atoms with Gasteiger partial charge in [0.25, 0.3) is 0 Å². The van der Waals surface area contributed by atoms with Crippen molar-refractivity contribution in [1.29, 1.82) is 0 Å². The average molecular weight is 239 g/mol. The Labute approximate surface area is 97.1 Å². The Kier molecular flexibility index (Phi) is 4.62. The van der Waals surface area contributed by atoms with Crippen LogP contribution in [0.4, 0.5) is 0 Å². The second-order valence-corrected chi connectivity index (χ2v) is 3.27. The minimum Gasteiger partial charge on any atom is -0.545 e. The van der Waals surface area contributed by atoms with Crippen LogP contribution in [-0.2, 0) is 4.74 Å². The van der Waals surface area contributed by atoms with Gasteiger partial charge < -0.3 is 24.9 Å². The Balaban J connectivity index is 2.78. The number of hydrogen-bond acceptors (Lipinski definition) is 6. The van der Waals surface area contributed by atoms with Crippen LogP contribution in [0.5, 0.6) is 0 Å². The fraction of sp³-hybridized carbons (Fsp3) is 0.273. The number of carbonyl (C=O) groups excluding carboxylic acids is 2. The Morgan fingerprint density at radius 3 is 2.41 bits per heavy atom. The number of carboxylic acid groups (broad SMARTS) is 1. The molecule has 0 aromatic heterocycles. The highest BCUT2D eigenvalue weighted by molar-refractivity contribution is 6.01. The number of aromatic carboxylic acids is 1. The molecule has 0 aliphatic rings. The Hall–Kier alpha value is -1.92. The van der Waals surface area contributed by atoms with Crippen molar-refractivity contribution >= 4 is 11.9 Å². The monoisotopic (exact) mass is 239 g/mol. The summed E-state index contributed by atoms with van der Waals surface area (Å²) in [4.78, 5) is 22.2. The van der Waals surface area contributed by atoms with Crippen molar-refractivity contribution in [3.05, 3.63) is 35.4 Å². The highest BCUT2D eigenvalue weighted by Gasteiger charge is 2.14. The van der Waals surface area contributed by atoms with E-state index >= 15 is 0 Å². The fourth-order valence-corrected chi connectivity index (χ4v) is 1.14. The normalized spacial score (nSPS) is 11.9. The zero-order chi connectivity index (χ0) is 12.8. The minimum absolute atomic E-state index is 0.155. The smallest absolute Gasteiger partial charge is 0.338 e. The summed E-state index contributed by atoms with van der Waals surface area (Å²) in [5.74, 6) is -2.38. The topological polar surface area (TPSA) is 107 Å². The molecule has 92 valence electrons. The Morgan fingerprint density at radius 2 is 1.88 bits per heavy atom. The van der Waals surface area contributed by atoms with E-state index in [0.29, 0.717) is 0 Å². The van der Waals surface area contributed by atoms with Gasteiger partial charge in [-0.05, 0) is 6.07 Å². The molecule has 0 aliphatic heterocycles. The van der Waals surface area contributed by atoms with E-state index in [1.165, 1.54) is 24.3 Å². The fourth-order valence-electron chi connectivity index (χ4n) is 1.14. The number of hydrogen-bond donors (Lipinski definition) is 2. The van der Waals surface area contributed by atoms with E-state index in [1.807, 2.05) is 0 Å². The molecule has 0 spiro atoms. The molecule has 0 saturated heterocycles. The van der Waals surface area contributed by atoms with Crippen molar-refractivity contribution < 1.29 is 29.6 Å². The third-order valence-electron chi connectivity index (χ3n) is 1.98. The van der Waals surface area contributed by atoms with Crippen LogP contribution >= 0.6 is 0 Å². The van der Waals surface area contributed by atoms with E-state index < -0.39 is 31.3 Å². The summed E-state index contributed by atoms with van der Waals surface area (Å²) in [6.45, 7) is -0.952. The first-order chi connectivity index (χ1) is 8.06. The lowest BCUT2D eigenvalue weighted by Gasteiger charge is -2.11. The molecule has 0 fully saturated rings. The number of rotatable bonds is 5. The summed E-state index contributed by atoms with van der Waals surface area (Å²) in [5, 5.41) is 28.2. The third kappa shape index (κ3) is 3.54. The molecular weight excluding hydrogens is 228 g/mol. The lowest BCUT2D eigenvalue weighted by molar-refractivity contribution is -0.255. The van der Waals surface area contributed by atoms with Crippen molar-refractivity contribution in [2.75, 3.05) is 13.2 Å². The Morgan fingerprint density at radius 1 is 1.29 bits per heavy atom. The number of aliphatic hydroxyl groups excluding tert-OH is 2. The second-order valence-electron chi connectivity index (χ2n) is 3.27. The van der Waals surface area contributed by atoms with E-state index in [4.69, 9.17) is 10.2 Å². The molecule has 0 bridgehead atoms. The molecule has 17 heavy (non-hydrogen) atoms. The Bertz CT molecular complexity index is 414. The molecule has 6 nitrogen and oxygen atoms in total. The summed E-state index contributed by atoms with van der Waals surface area (Å²) in [5.41, 5.74) is -0.436. The summed E-state index contributed by atoms with van der Waals surface area (Å²) in [6, 6.07) is 5.42. The van der Waals surface area contributed by atoms with Gasteiger partial charge in [0.05, 0.1) is 18.1 Å². The van der Waals surface area contributed by atoms with Gasteiger partial charge in [0.15, 0.2) is 0 Å². The van der Waals surface area contributed by atoms with Crippen molar-refractivity contribution in [3.63, 3.8) is 0 Å². The first-order valence-electron chi connectivity index (χ1n) is 4.82. The number of carbonyl (C=O) groups is 2. The molecule has 1 rings (SSSR count). The molecule has 1 atom stereocenters. The van der Waals surface area contributed by atoms with Crippen molar-refractivity contribution in [2.24, 2.45) is 0 Å². The standard InChI is InChI=1S/C11H12O6/c12-5-7(13)6-17-11(16)9-4-2-1-3-8(9)10(14)15/h1-4,7,12-13H,5-6H2,(H,14,15)/p-1. The SMILES string of the molecule is O=C([O-])c1ccccc1C(=O)OCC(O)CO. The molecule has 1 aromatic carbocycles. The van der Waals surface area contributed by atoms with Gasteiger partial charge in [-0.1, -0.05) is 18.2 Å². The summed E-state index contributed by atoms with van der Waals surface area (Å²) < 4.78 is 4.63. The number of ether oxygens (including phenoxy) is 1. The van der Waals surface area contributed by atoms with Gasteiger partial charge in [-0.15, -0.1) is 0 Å². The van der Waals surface area contributed by atoms with Crippen molar-refractivity contribution in [2.45, 2.75) is 6.10 Å². The van der Waals surface area contributed by atoms with Crippen LogP contribution < -0.4 is 5.11 Å². The number of esters is 1. The van der Waals surface area contributed by atoms with Crippen LogP contribution in [0.2, 0.25) is 0 Å². The minimum atomic E-state index is -1.49. The molecule has 6 heteroatoms. The molecule has 1 aromatic rings. The molecule has 2 N–H and O–H groups in total. The quantitative estimate of drug-likeness (QED) is 0.609. The predicted octanol–water partition coefficient (Wildman–Crippen LogP) is -1.44. The summed E-state index contributed by atoms with van der Waals surface area (Å²) >= 11 is 0. The third-order valence-corrected chi connectivity index (χ3v) is 1.98. The molecule has 1 unspecified atom stereocenters. The molecule has 0 aliphatic carbocycles. The van der Waals surface area contributed by atoms with E-state index in [1.54, 1.807) is 0 Å². The van der Waals surface area contributed by atoms with Crippen molar-refractivity contribution in [1.82, 2.24) is 0 Å². The zero-order valence-corrected chi connectivity index (χ0v) is 8.83. The highest BCUT2D eigenvalue weighted by Crippen LogP contribution is 2.09. The molecular formula is C11H11O6-. The molecule has 0 radical (unpaired) electrons. The van der Waals surface area contributed by atoms with Gasteiger partial charge in [0, 0.05) is 5.56 Å². The van der Waals surface area contributed by atoms with Crippen LogP contribution in [0.3, 0.4) is 0 Å².